The maximum Gasteiger partial charge on any atom is 0.152 e. The van der Waals surface area contributed by atoms with E-state index in [1.165, 1.54) is 57.8 Å². The van der Waals surface area contributed by atoms with Crippen molar-refractivity contribution >= 4 is 46.4 Å². The molecule has 0 spiro atoms. The molecule has 0 fully saturated rings. The number of fused-ring (bicyclic) bond motifs is 8. The Hall–Kier alpha value is -5.36. The number of nitrogens with zero attached hydrogens (tertiary/aromatic N) is 2. The van der Waals surface area contributed by atoms with Gasteiger partial charge < -0.3 is 19.4 Å². The zero-order valence-corrected chi connectivity index (χ0v) is 31.3. The van der Waals surface area contributed by atoms with E-state index in [1.807, 2.05) is 12.1 Å². The van der Waals surface area contributed by atoms with Gasteiger partial charge in [-0.2, -0.15) is 0 Å². The van der Waals surface area contributed by atoms with Crippen molar-refractivity contribution in [3.8, 4) is 33.8 Å². The standard InChI is InChI=1S/C47H52N4O2/c1-3-5-6-7-8-9-10-11-12-16-30-52-40-25-19-35(20-26-40)45-41-27-23-37(49-41)31-36-21-22-38(48-36)33-44-47(53-29-4-2)46(34-17-14-13-15-18-34)43(51-44)32-39-24-28-42(45)50-39/h13-15,17-28,31-33,49,51H,3-12,16,29-30H2,1-2H3. The summed E-state index contributed by atoms with van der Waals surface area (Å²) in [6, 6.07) is 29.4. The molecular weight excluding hydrogens is 653 g/mol. The van der Waals surface area contributed by atoms with Gasteiger partial charge in [-0.15, -0.1) is 0 Å². The predicted molar refractivity (Wildman–Crippen MR) is 223 cm³/mol. The molecule has 5 heterocycles. The summed E-state index contributed by atoms with van der Waals surface area (Å²) in [7, 11) is 0. The number of aromatic nitrogens is 4. The molecule has 0 aliphatic carbocycles. The Bertz CT molecular complexity index is 2190. The summed E-state index contributed by atoms with van der Waals surface area (Å²) in [6.45, 7) is 5.76. The minimum Gasteiger partial charge on any atom is -0.494 e. The second kappa shape index (κ2) is 17.9. The Morgan fingerprint density at radius 1 is 0.491 bits per heavy atom. The SMILES string of the molecule is CCCCCCCCCCCCOc1ccc(-c2c3nc(cc4[nH]c(cc5nc(cc6ccc2[nH]6)C=C5)c(OCCC)c4-c2ccccc2)C=C3)cc1. The summed E-state index contributed by atoms with van der Waals surface area (Å²) in [5.74, 6) is 1.72. The summed E-state index contributed by atoms with van der Waals surface area (Å²) in [5, 5.41) is 0. The molecule has 0 saturated carbocycles. The molecule has 3 aromatic heterocycles. The number of hydrogen-bond donors (Lipinski definition) is 2. The Labute approximate surface area is 314 Å². The average Bonchev–Trinajstić information content (AvgIpc) is 4.00. The number of H-pyrrole nitrogens is 2. The van der Waals surface area contributed by atoms with Gasteiger partial charge in [0.15, 0.2) is 5.75 Å². The predicted octanol–water partition coefficient (Wildman–Crippen LogP) is 13.1. The van der Waals surface area contributed by atoms with E-state index >= 15 is 0 Å². The largest absolute Gasteiger partial charge is 0.494 e. The zero-order chi connectivity index (χ0) is 36.2. The maximum atomic E-state index is 6.46. The third-order valence-corrected chi connectivity index (χ3v) is 9.90. The highest BCUT2D eigenvalue weighted by molar-refractivity contribution is 5.96. The summed E-state index contributed by atoms with van der Waals surface area (Å²) in [6.07, 6.45) is 22.4. The molecule has 272 valence electrons. The van der Waals surface area contributed by atoms with E-state index in [0.717, 1.165) is 98.0 Å². The Balaban J connectivity index is 1.21. The number of ether oxygens (including phenoxy) is 2. The fourth-order valence-corrected chi connectivity index (χ4v) is 7.17. The fraction of sp³-hybridized carbons (Fsp3) is 0.319. The van der Waals surface area contributed by atoms with Crippen LogP contribution in [0.25, 0.3) is 68.6 Å². The van der Waals surface area contributed by atoms with Crippen molar-refractivity contribution in [2.45, 2.75) is 84.5 Å². The summed E-state index contributed by atoms with van der Waals surface area (Å²) < 4.78 is 12.6. The Morgan fingerprint density at radius 2 is 1.15 bits per heavy atom. The van der Waals surface area contributed by atoms with Crippen molar-refractivity contribution in [3.63, 3.8) is 0 Å². The molecule has 6 nitrogen and oxygen atoms in total. The lowest BCUT2D eigenvalue weighted by molar-refractivity contribution is 0.304. The van der Waals surface area contributed by atoms with Crippen molar-refractivity contribution in [3.05, 3.63) is 108 Å². The topological polar surface area (TPSA) is 75.8 Å². The van der Waals surface area contributed by atoms with Gasteiger partial charge in [0, 0.05) is 22.2 Å². The van der Waals surface area contributed by atoms with Gasteiger partial charge in [-0.05, 0) is 90.7 Å². The third-order valence-electron chi connectivity index (χ3n) is 9.90. The number of nitrogens with one attached hydrogen (secondary N) is 2. The summed E-state index contributed by atoms with van der Waals surface area (Å²) in [4.78, 5) is 17.5. The highest BCUT2D eigenvalue weighted by atomic mass is 16.5. The monoisotopic (exact) mass is 704 g/mol. The van der Waals surface area contributed by atoms with Gasteiger partial charge in [0.2, 0.25) is 0 Å². The van der Waals surface area contributed by atoms with Gasteiger partial charge in [0.25, 0.3) is 0 Å². The molecule has 0 saturated heterocycles. The van der Waals surface area contributed by atoms with Crippen molar-refractivity contribution in [1.29, 1.82) is 0 Å². The lowest BCUT2D eigenvalue weighted by atomic mass is 10.0. The molecule has 0 amide bonds. The van der Waals surface area contributed by atoms with Crippen molar-refractivity contribution < 1.29 is 9.47 Å². The van der Waals surface area contributed by atoms with Crippen molar-refractivity contribution in [1.82, 2.24) is 19.9 Å². The molecule has 0 unspecified atom stereocenters. The Kier molecular flexibility index (Phi) is 12.2. The molecule has 6 heteroatoms. The Morgan fingerprint density at radius 3 is 1.91 bits per heavy atom. The second-order valence-corrected chi connectivity index (χ2v) is 14.1. The molecule has 2 aliphatic rings. The molecule has 2 aromatic carbocycles. The lowest BCUT2D eigenvalue weighted by Crippen LogP contribution is -1.97. The number of hydrogen-bond acceptors (Lipinski definition) is 4. The molecule has 8 bridgehead atoms. The van der Waals surface area contributed by atoms with E-state index in [0.29, 0.717) is 6.61 Å². The van der Waals surface area contributed by atoms with E-state index in [2.05, 4.69) is 121 Å². The van der Waals surface area contributed by atoms with Gasteiger partial charge in [-0.3, -0.25) is 0 Å². The van der Waals surface area contributed by atoms with Crippen LogP contribution in [0.15, 0.2) is 84.9 Å². The summed E-state index contributed by atoms with van der Waals surface area (Å²) >= 11 is 0. The van der Waals surface area contributed by atoms with E-state index in [-0.39, 0.29) is 0 Å². The van der Waals surface area contributed by atoms with Crippen LogP contribution in [0.2, 0.25) is 0 Å². The average molecular weight is 705 g/mol. The van der Waals surface area contributed by atoms with Crippen LogP contribution in [-0.4, -0.2) is 33.1 Å². The van der Waals surface area contributed by atoms with E-state index in [4.69, 9.17) is 19.4 Å². The van der Waals surface area contributed by atoms with Crippen LogP contribution in [0.1, 0.15) is 107 Å². The van der Waals surface area contributed by atoms with Crippen LogP contribution in [0.3, 0.4) is 0 Å². The first kappa shape index (κ1) is 36.0. The van der Waals surface area contributed by atoms with E-state index < -0.39 is 0 Å². The van der Waals surface area contributed by atoms with Crippen LogP contribution in [-0.2, 0) is 0 Å². The second-order valence-electron chi connectivity index (χ2n) is 14.1. The molecule has 2 N–H and O–H groups in total. The quantitative estimate of drug-likeness (QED) is 0.0925. The smallest absolute Gasteiger partial charge is 0.152 e. The normalized spacial score (nSPS) is 12.0. The van der Waals surface area contributed by atoms with Crippen LogP contribution >= 0.6 is 0 Å². The minimum atomic E-state index is 0.612. The highest BCUT2D eigenvalue weighted by Gasteiger charge is 2.17. The molecule has 2 aliphatic heterocycles. The van der Waals surface area contributed by atoms with Gasteiger partial charge in [0.05, 0.1) is 47.0 Å². The molecule has 0 atom stereocenters. The molecule has 0 radical (unpaired) electrons. The number of rotatable bonds is 17. The zero-order valence-electron chi connectivity index (χ0n) is 31.3. The van der Waals surface area contributed by atoms with Crippen molar-refractivity contribution in [2.75, 3.05) is 13.2 Å². The number of aromatic amines is 2. The van der Waals surface area contributed by atoms with Crippen LogP contribution < -0.4 is 9.47 Å². The van der Waals surface area contributed by atoms with Gasteiger partial charge in [-0.1, -0.05) is 114 Å². The van der Waals surface area contributed by atoms with Crippen molar-refractivity contribution in [2.24, 2.45) is 0 Å². The molecule has 53 heavy (non-hydrogen) atoms. The lowest BCUT2D eigenvalue weighted by Gasteiger charge is -2.08. The van der Waals surface area contributed by atoms with Crippen LogP contribution in [0.5, 0.6) is 11.5 Å². The third kappa shape index (κ3) is 9.18. The number of unbranched alkanes of at least 4 members (excludes halogenated alkanes) is 9. The van der Waals surface area contributed by atoms with Crippen LogP contribution in [0, 0.1) is 0 Å². The summed E-state index contributed by atoms with van der Waals surface area (Å²) in [5.41, 5.74) is 11.5. The number of benzene rings is 2. The molecule has 5 aromatic rings. The minimum absolute atomic E-state index is 0.612. The molecular formula is C47H52N4O2. The van der Waals surface area contributed by atoms with E-state index in [9.17, 15) is 0 Å². The first-order valence-electron chi connectivity index (χ1n) is 19.7. The van der Waals surface area contributed by atoms with Crippen LogP contribution in [0.4, 0.5) is 0 Å². The molecule has 7 rings (SSSR count). The first-order chi connectivity index (χ1) is 26.2. The van der Waals surface area contributed by atoms with Gasteiger partial charge in [0.1, 0.15) is 5.75 Å². The fourth-order valence-electron chi connectivity index (χ4n) is 7.17. The maximum absolute atomic E-state index is 6.46. The van der Waals surface area contributed by atoms with E-state index in [1.54, 1.807) is 0 Å². The first-order valence-corrected chi connectivity index (χ1v) is 19.7. The van der Waals surface area contributed by atoms with Gasteiger partial charge in [-0.25, -0.2) is 9.97 Å². The highest BCUT2D eigenvalue weighted by Crippen LogP contribution is 2.39. The van der Waals surface area contributed by atoms with Gasteiger partial charge >= 0.3 is 0 Å².